The lowest BCUT2D eigenvalue weighted by molar-refractivity contribution is 1.18. The standard InChI is InChI=1S/C64H44N2/c1-4-16-45(17-5-1)51-22-14-26-58(40-51)65(57-24-8-3-9-25-57)59-27-15-23-52(41-59)48-30-32-49(33-31-48)54-36-37-64-62(44-54)61-28-12-13-29-63(61)66(64)60-42-55(46-18-6-2-7-19-46)39-56(43-60)53-35-34-47-20-10-11-21-50(47)38-53/h1-44H. The quantitative estimate of drug-likeness (QED) is 0.141. The summed E-state index contributed by atoms with van der Waals surface area (Å²) >= 11 is 0. The van der Waals surface area contributed by atoms with E-state index in [-0.39, 0.29) is 0 Å². The third-order valence-electron chi connectivity index (χ3n) is 12.9. The highest BCUT2D eigenvalue weighted by molar-refractivity contribution is 6.10. The summed E-state index contributed by atoms with van der Waals surface area (Å²) < 4.78 is 2.44. The minimum absolute atomic E-state index is 1.11. The molecule has 0 amide bonds. The summed E-state index contributed by atoms with van der Waals surface area (Å²) in [4.78, 5) is 2.35. The zero-order chi connectivity index (χ0) is 43.8. The molecule has 12 rings (SSSR count). The summed E-state index contributed by atoms with van der Waals surface area (Å²) in [6, 6.07) is 96.9. The molecule has 0 fully saturated rings. The molecule has 2 heteroatoms. The molecule has 66 heavy (non-hydrogen) atoms. The zero-order valence-electron chi connectivity index (χ0n) is 36.3. The molecule has 11 aromatic carbocycles. The smallest absolute Gasteiger partial charge is 0.0541 e. The number of anilines is 3. The van der Waals surface area contributed by atoms with Gasteiger partial charge in [0.2, 0.25) is 0 Å². The van der Waals surface area contributed by atoms with Crippen LogP contribution in [0.25, 0.3) is 93.9 Å². The second kappa shape index (κ2) is 16.8. The van der Waals surface area contributed by atoms with Crippen molar-refractivity contribution in [2.75, 3.05) is 4.90 Å². The molecule has 1 aromatic heterocycles. The SMILES string of the molecule is c1ccc(-c2cccc(N(c3ccccc3)c3cccc(-c4ccc(-c5ccc6c(c5)c5ccccc5n6-c5cc(-c6ccccc6)cc(-c6ccc7ccccc7c6)c5)cc4)c3)c2)cc1. The highest BCUT2D eigenvalue weighted by atomic mass is 15.1. The number of fused-ring (bicyclic) bond motifs is 4. The Hall–Kier alpha value is -8.72. The number of nitrogens with zero attached hydrogens (tertiary/aromatic N) is 2. The van der Waals surface area contributed by atoms with Crippen LogP contribution in [0.2, 0.25) is 0 Å². The Labute approximate surface area is 385 Å². The van der Waals surface area contributed by atoms with Crippen LogP contribution < -0.4 is 4.90 Å². The van der Waals surface area contributed by atoms with Gasteiger partial charge in [0.05, 0.1) is 11.0 Å². The predicted octanol–water partition coefficient (Wildman–Crippen LogP) is 17.7. The topological polar surface area (TPSA) is 8.17 Å². The number of hydrogen-bond acceptors (Lipinski definition) is 1. The predicted molar refractivity (Wildman–Crippen MR) is 280 cm³/mol. The van der Waals surface area contributed by atoms with E-state index in [1.165, 1.54) is 88.2 Å². The fourth-order valence-corrected chi connectivity index (χ4v) is 9.66. The van der Waals surface area contributed by atoms with Crippen LogP contribution in [-0.4, -0.2) is 4.57 Å². The lowest BCUT2D eigenvalue weighted by atomic mass is 9.96. The summed E-state index contributed by atoms with van der Waals surface area (Å²) in [5.74, 6) is 0. The molecule has 0 atom stereocenters. The van der Waals surface area contributed by atoms with Crippen molar-refractivity contribution in [1.29, 1.82) is 0 Å². The van der Waals surface area contributed by atoms with E-state index in [9.17, 15) is 0 Å². The van der Waals surface area contributed by atoms with Crippen LogP contribution in [0, 0.1) is 0 Å². The molecule has 0 bridgehead atoms. The third kappa shape index (κ3) is 7.31. The van der Waals surface area contributed by atoms with Gasteiger partial charge in [-0.3, -0.25) is 0 Å². The summed E-state index contributed by atoms with van der Waals surface area (Å²) in [5.41, 5.74) is 18.7. The number of aromatic nitrogens is 1. The van der Waals surface area contributed by atoms with Crippen LogP contribution in [-0.2, 0) is 0 Å². The first kappa shape index (κ1) is 38.9. The lowest BCUT2D eigenvalue weighted by Crippen LogP contribution is -2.10. The van der Waals surface area contributed by atoms with Gasteiger partial charge in [-0.2, -0.15) is 0 Å². The van der Waals surface area contributed by atoms with Crippen molar-refractivity contribution in [3.8, 4) is 61.3 Å². The van der Waals surface area contributed by atoms with Crippen molar-refractivity contribution in [3.05, 3.63) is 267 Å². The number of hydrogen-bond donors (Lipinski definition) is 0. The fraction of sp³-hybridized carbons (Fsp3) is 0. The Kier molecular flexibility index (Phi) is 9.89. The van der Waals surface area contributed by atoms with Gasteiger partial charge in [-0.1, -0.05) is 188 Å². The van der Waals surface area contributed by atoms with Crippen molar-refractivity contribution < 1.29 is 0 Å². The van der Waals surface area contributed by atoms with Crippen LogP contribution >= 0.6 is 0 Å². The first-order valence-electron chi connectivity index (χ1n) is 22.7. The molecule has 0 saturated carbocycles. The zero-order valence-corrected chi connectivity index (χ0v) is 36.3. The average molecular weight is 841 g/mol. The molecule has 0 aliphatic rings. The molecule has 0 spiro atoms. The summed E-state index contributed by atoms with van der Waals surface area (Å²) in [6.45, 7) is 0. The van der Waals surface area contributed by atoms with E-state index in [0.29, 0.717) is 0 Å². The highest BCUT2D eigenvalue weighted by Gasteiger charge is 2.17. The van der Waals surface area contributed by atoms with E-state index < -0.39 is 0 Å². The van der Waals surface area contributed by atoms with Gasteiger partial charge in [0.1, 0.15) is 0 Å². The van der Waals surface area contributed by atoms with Crippen molar-refractivity contribution in [2.24, 2.45) is 0 Å². The molecule has 0 aliphatic heterocycles. The van der Waals surface area contributed by atoms with Crippen molar-refractivity contribution in [3.63, 3.8) is 0 Å². The van der Waals surface area contributed by atoms with Crippen LogP contribution in [0.15, 0.2) is 267 Å². The van der Waals surface area contributed by atoms with E-state index in [4.69, 9.17) is 0 Å². The third-order valence-corrected chi connectivity index (χ3v) is 12.9. The molecule has 12 aromatic rings. The Bertz CT molecular complexity index is 3680. The Morgan fingerprint density at radius 2 is 0.667 bits per heavy atom. The fourth-order valence-electron chi connectivity index (χ4n) is 9.66. The second-order valence-corrected chi connectivity index (χ2v) is 17.0. The van der Waals surface area contributed by atoms with Crippen LogP contribution in [0.4, 0.5) is 17.1 Å². The number of para-hydroxylation sites is 2. The first-order chi connectivity index (χ1) is 32.7. The number of benzene rings is 11. The van der Waals surface area contributed by atoms with Gasteiger partial charge in [0.25, 0.3) is 0 Å². The maximum Gasteiger partial charge on any atom is 0.0541 e. The first-order valence-corrected chi connectivity index (χ1v) is 22.7. The van der Waals surface area contributed by atoms with Crippen LogP contribution in [0.1, 0.15) is 0 Å². The molecule has 2 nitrogen and oxygen atoms in total. The van der Waals surface area contributed by atoms with E-state index in [0.717, 1.165) is 22.7 Å². The molecule has 0 radical (unpaired) electrons. The lowest BCUT2D eigenvalue weighted by Gasteiger charge is -2.26. The Morgan fingerprint density at radius 1 is 0.227 bits per heavy atom. The van der Waals surface area contributed by atoms with E-state index in [1.807, 2.05) is 0 Å². The molecule has 310 valence electrons. The van der Waals surface area contributed by atoms with Gasteiger partial charge in [-0.25, -0.2) is 0 Å². The van der Waals surface area contributed by atoms with E-state index in [2.05, 4.69) is 276 Å². The molecule has 0 saturated heterocycles. The van der Waals surface area contributed by atoms with Gasteiger partial charge < -0.3 is 9.47 Å². The maximum atomic E-state index is 2.44. The number of rotatable bonds is 9. The molecular weight excluding hydrogens is 797 g/mol. The average Bonchev–Trinajstić information content (AvgIpc) is 3.73. The minimum Gasteiger partial charge on any atom is -0.310 e. The van der Waals surface area contributed by atoms with Crippen LogP contribution in [0.3, 0.4) is 0 Å². The van der Waals surface area contributed by atoms with Crippen molar-refractivity contribution >= 4 is 49.6 Å². The van der Waals surface area contributed by atoms with Gasteiger partial charge in [-0.15, -0.1) is 0 Å². The summed E-state index contributed by atoms with van der Waals surface area (Å²) in [6.07, 6.45) is 0. The normalized spacial score (nSPS) is 11.3. The minimum atomic E-state index is 1.11. The van der Waals surface area contributed by atoms with Crippen molar-refractivity contribution in [2.45, 2.75) is 0 Å². The van der Waals surface area contributed by atoms with Gasteiger partial charge in [0, 0.05) is 33.5 Å². The van der Waals surface area contributed by atoms with Gasteiger partial charge in [0.15, 0.2) is 0 Å². The Morgan fingerprint density at radius 3 is 1.33 bits per heavy atom. The Balaban J connectivity index is 0.911. The molecule has 1 heterocycles. The van der Waals surface area contributed by atoms with Crippen molar-refractivity contribution in [1.82, 2.24) is 4.57 Å². The highest BCUT2D eigenvalue weighted by Crippen LogP contribution is 2.41. The molecular formula is C64H44N2. The van der Waals surface area contributed by atoms with E-state index in [1.54, 1.807) is 0 Å². The summed E-state index contributed by atoms with van der Waals surface area (Å²) in [5, 5.41) is 4.95. The molecule has 0 aliphatic carbocycles. The maximum absolute atomic E-state index is 2.44. The molecule has 0 unspecified atom stereocenters. The monoisotopic (exact) mass is 840 g/mol. The molecule has 0 N–H and O–H groups in total. The largest absolute Gasteiger partial charge is 0.310 e. The van der Waals surface area contributed by atoms with E-state index >= 15 is 0 Å². The van der Waals surface area contributed by atoms with Gasteiger partial charge in [-0.05, 0) is 145 Å². The van der Waals surface area contributed by atoms with Gasteiger partial charge >= 0.3 is 0 Å². The van der Waals surface area contributed by atoms with Crippen LogP contribution in [0.5, 0.6) is 0 Å². The summed E-state index contributed by atoms with van der Waals surface area (Å²) in [7, 11) is 0. The second-order valence-electron chi connectivity index (χ2n) is 17.0.